The molecular weight excluding hydrogens is 263 g/mol. The molecule has 0 atom stereocenters. The average molecular weight is 272 g/mol. The predicted octanol–water partition coefficient (Wildman–Crippen LogP) is 2.22. The minimum Gasteiger partial charge on any atom is -0.481 e. The fourth-order valence-corrected chi connectivity index (χ4v) is 1.40. The first kappa shape index (κ1) is 13.9. The minimum absolute atomic E-state index is 0.0721. The van der Waals surface area contributed by atoms with E-state index in [1.165, 1.54) is 13.2 Å². The number of hydrogen-bond donors (Lipinski definition) is 1. The number of aromatic nitrogens is 1. The van der Waals surface area contributed by atoms with Crippen LogP contribution in [0.2, 0.25) is 0 Å². The van der Waals surface area contributed by atoms with Crippen molar-refractivity contribution in [2.45, 2.75) is 18.8 Å². The Kier molecular flexibility index (Phi) is 4.41. The van der Waals surface area contributed by atoms with E-state index in [-0.39, 0.29) is 22.9 Å². The maximum Gasteiger partial charge on any atom is 0.574 e. The third-order valence-electron chi connectivity index (χ3n) is 1.88. The molecule has 0 aliphatic carbocycles. The van der Waals surface area contributed by atoms with Crippen LogP contribution < -0.4 is 9.47 Å². The molecule has 0 amide bonds. The molecule has 0 aromatic carbocycles. The Balaban J connectivity index is 3.24. The minimum atomic E-state index is -4.90. The highest BCUT2D eigenvalue weighted by molar-refractivity contribution is 6.17. The number of nitrogens with zero attached hydrogens (tertiary/aromatic N) is 1. The molecule has 0 spiro atoms. The molecule has 0 fully saturated rings. The van der Waals surface area contributed by atoms with Gasteiger partial charge in [0.1, 0.15) is 0 Å². The van der Waals surface area contributed by atoms with E-state index in [0.717, 1.165) is 0 Å². The Labute approximate surface area is 99.9 Å². The number of aliphatic hydroxyl groups excluding tert-OH is 1. The van der Waals surface area contributed by atoms with E-state index >= 15 is 0 Å². The number of hydrogen-bond acceptors (Lipinski definition) is 4. The standard InChI is InChI=1S/C9H9ClF3NO3/c1-16-7-2-5(3-10)6(4-15)8(14-7)17-9(11,12)13/h2,15H,3-4H2,1H3. The topological polar surface area (TPSA) is 51.6 Å². The summed E-state index contributed by atoms with van der Waals surface area (Å²) in [6.45, 7) is -0.662. The summed E-state index contributed by atoms with van der Waals surface area (Å²) in [6.07, 6.45) is -4.90. The molecule has 1 heterocycles. The largest absolute Gasteiger partial charge is 0.574 e. The van der Waals surface area contributed by atoms with Gasteiger partial charge in [0, 0.05) is 17.5 Å². The Hall–Kier alpha value is -1.21. The van der Waals surface area contributed by atoms with Crippen molar-refractivity contribution in [2.75, 3.05) is 7.11 Å². The third-order valence-corrected chi connectivity index (χ3v) is 2.17. The monoisotopic (exact) mass is 271 g/mol. The smallest absolute Gasteiger partial charge is 0.481 e. The van der Waals surface area contributed by atoms with Crippen LogP contribution in [0, 0.1) is 0 Å². The first-order valence-electron chi connectivity index (χ1n) is 4.40. The molecule has 4 nitrogen and oxygen atoms in total. The molecule has 1 aromatic heterocycles. The molecule has 17 heavy (non-hydrogen) atoms. The van der Waals surface area contributed by atoms with Crippen molar-refractivity contribution in [3.63, 3.8) is 0 Å². The lowest BCUT2D eigenvalue weighted by Crippen LogP contribution is -2.19. The van der Waals surface area contributed by atoms with Crippen LogP contribution >= 0.6 is 11.6 Å². The number of aliphatic hydroxyl groups is 1. The molecule has 0 aliphatic heterocycles. The Morgan fingerprint density at radius 1 is 1.47 bits per heavy atom. The quantitative estimate of drug-likeness (QED) is 0.853. The highest BCUT2D eigenvalue weighted by atomic mass is 35.5. The van der Waals surface area contributed by atoms with E-state index < -0.39 is 18.8 Å². The summed E-state index contributed by atoms with van der Waals surface area (Å²) in [5.41, 5.74) is 0.151. The number of halogens is 4. The number of methoxy groups -OCH3 is 1. The summed E-state index contributed by atoms with van der Waals surface area (Å²) in [4.78, 5) is 3.47. The average Bonchev–Trinajstić information content (AvgIpc) is 2.25. The van der Waals surface area contributed by atoms with Gasteiger partial charge >= 0.3 is 6.36 Å². The zero-order valence-corrected chi connectivity index (χ0v) is 9.47. The van der Waals surface area contributed by atoms with E-state index in [2.05, 4.69) is 9.72 Å². The van der Waals surface area contributed by atoms with Gasteiger partial charge in [-0.3, -0.25) is 0 Å². The molecule has 0 unspecified atom stereocenters. The first-order chi connectivity index (χ1) is 7.91. The normalized spacial score (nSPS) is 11.4. The van der Waals surface area contributed by atoms with Gasteiger partial charge in [0.25, 0.3) is 0 Å². The van der Waals surface area contributed by atoms with Gasteiger partial charge in [-0.15, -0.1) is 24.8 Å². The van der Waals surface area contributed by atoms with Gasteiger partial charge < -0.3 is 14.6 Å². The van der Waals surface area contributed by atoms with E-state index in [1.54, 1.807) is 0 Å². The van der Waals surface area contributed by atoms with Gasteiger partial charge in [0.05, 0.1) is 13.7 Å². The molecule has 1 rings (SSSR count). The molecular formula is C9H9ClF3NO3. The van der Waals surface area contributed by atoms with E-state index in [0.29, 0.717) is 0 Å². The Morgan fingerprint density at radius 2 is 2.12 bits per heavy atom. The summed E-state index contributed by atoms with van der Waals surface area (Å²) >= 11 is 5.55. The zero-order valence-electron chi connectivity index (χ0n) is 8.71. The second-order valence-electron chi connectivity index (χ2n) is 2.95. The lowest BCUT2D eigenvalue weighted by Gasteiger charge is -2.14. The maximum atomic E-state index is 12.1. The number of alkyl halides is 4. The summed E-state index contributed by atoms with van der Waals surface area (Å²) in [7, 11) is 1.25. The van der Waals surface area contributed by atoms with Crippen molar-refractivity contribution in [1.82, 2.24) is 4.98 Å². The van der Waals surface area contributed by atoms with Crippen LogP contribution in [-0.4, -0.2) is 23.6 Å². The van der Waals surface area contributed by atoms with Crippen molar-refractivity contribution in [1.29, 1.82) is 0 Å². The van der Waals surface area contributed by atoms with Crippen LogP contribution in [0.3, 0.4) is 0 Å². The molecule has 0 aliphatic rings. The number of ether oxygens (including phenoxy) is 2. The van der Waals surface area contributed by atoms with Crippen LogP contribution in [0.25, 0.3) is 0 Å². The van der Waals surface area contributed by atoms with Crippen LogP contribution in [0.5, 0.6) is 11.8 Å². The first-order valence-corrected chi connectivity index (χ1v) is 4.94. The molecule has 0 radical (unpaired) electrons. The van der Waals surface area contributed by atoms with Gasteiger partial charge in [-0.2, -0.15) is 4.98 Å². The number of rotatable bonds is 4. The lowest BCUT2D eigenvalue weighted by molar-refractivity contribution is -0.276. The zero-order chi connectivity index (χ0) is 13.1. The van der Waals surface area contributed by atoms with Crippen LogP contribution in [-0.2, 0) is 12.5 Å². The van der Waals surface area contributed by atoms with Crippen LogP contribution in [0.4, 0.5) is 13.2 Å². The van der Waals surface area contributed by atoms with Crippen molar-refractivity contribution in [3.05, 3.63) is 17.2 Å². The van der Waals surface area contributed by atoms with E-state index in [4.69, 9.17) is 21.4 Å². The molecule has 8 heteroatoms. The summed E-state index contributed by atoms with van der Waals surface area (Å²) < 4.78 is 44.7. The van der Waals surface area contributed by atoms with Crippen molar-refractivity contribution in [2.24, 2.45) is 0 Å². The summed E-state index contributed by atoms with van der Waals surface area (Å²) in [5, 5.41) is 9.00. The molecule has 0 saturated carbocycles. The molecule has 1 N–H and O–H groups in total. The fourth-order valence-electron chi connectivity index (χ4n) is 1.16. The van der Waals surface area contributed by atoms with Gasteiger partial charge in [-0.1, -0.05) is 0 Å². The van der Waals surface area contributed by atoms with E-state index in [1.807, 2.05) is 0 Å². The second kappa shape index (κ2) is 5.42. The summed E-state index contributed by atoms with van der Waals surface area (Å²) in [6, 6.07) is 1.34. The van der Waals surface area contributed by atoms with Crippen molar-refractivity contribution >= 4 is 11.6 Å². The van der Waals surface area contributed by atoms with Crippen molar-refractivity contribution < 1.29 is 27.8 Å². The van der Waals surface area contributed by atoms with Crippen LogP contribution in [0.15, 0.2) is 6.07 Å². The summed E-state index contributed by atoms with van der Waals surface area (Å²) in [5.74, 6) is -0.921. The maximum absolute atomic E-state index is 12.1. The highest BCUT2D eigenvalue weighted by Gasteiger charge is 2.33. The Bertz CT molecular complexity index is 398. The van der Waals surface area contributed by atoms with Crippen LogP contribution in [0.1, 0.15) is 11.1 Å². The highest BCUT2D eigenvalue weighted by Crippen LogP contribution is 2.30. The molecule has 1 aromatic rings. The lowest BCUT2D eigenvalue weighted by atomic mass is 10.1. The number of pyridine rings is 1. The van der Waals surface area contributed by atoms with Gasteiger partial charge in [0.15, 0.2) is 0 Å². The molecule has 0 bridgehead atoms. The van der Waals surface area contributed by atoms with Gasteiger partial charge in [-0.05, 0) is 5.56 Å². The molecule has 96 valence electrons. The van der Waals surface area contributed by atoms with Gasteiger partial charge in [-0.25, -0.2) is 0 Å². The second-order valence-corrected chi connectivity index (χ2v) is 3.21. The third kappa shape index (κ3) is 3.64. The SMILES string of the molecule is COc1cc(CCl)c(CO)c(OC(F)(F)F)n1. The molecule has 0 saturated heterocycles. The Morgan fingerprint density at radius 3 is 2.53 bits per heavy atom. The van der Waals surface area contributed by atoms with E-state index in [9.17, 15) is 13.2 Å². The fraction of sp³-hybridized carbons (Fsp3) is 0.444. The van der Waals surface area contributed by atoms with Crippen molar-refractivity contribution in [3.8, 4) is 11.8 Å². The predicted molar refractivity (Wildman–Crippen MR) is 53.0 cm³/mol. The van der Waals surface area contributed by atoms with Gasteiger partial charge in [0.2, 0.25) is 11.8 Å².